The Kier molecular flexibility index (Phi) is 7.52. The molecule has 0 radical (unpaired) electrons. The van der Waals surface area contributed by atoms with Crippen molar-refractivity contribution in [1.29, 1.82) is 0 Å². The number of guanidine groups is 1. The Hall–Kier alpha value is -3.81. The molecule has 3 aliphatic rings. The van der Waals surface area contributed by atoms with E-state index in [-0.39, 0.29) is 36.2 Å². The van der Waals surface area contributed by atoms with Gasteiger partial charge in [-0.05, 0) is 65.7 Å². The number of fused-ring (bicyclic) bond motifs is 1. The number of ether oxygens (including phenoxy) is 3. The number of carbonyl (C=O) groups excluding carboxylic acids is 2. The Balaban J connectivity index is 1.75. The van der Waals surface area contributed by atoms with Crippen molar-refractivity contribution in [2.45, 2.75) is 82.9 Å². The number of aliphatic hydroxyl groups is 1. The van der Waals surface area contributed by atoms with E-state index in [0.29, 0.717) is 16.9 Å². The van der Waals surface area contributed by atoms with Crippen molar-refractivity contribution < 1.29 is 28.9 Å². The quantitative estimate of drug-likeness (QED) is 0.480. The minimum atomic E-state index is -1.52. The summed E-state index contributed by atoms with van der Waals surface area (Å²) in [4.78, 5) is 33.0. The number of rotatable bonds is 5. The minimum Gasteiger partial charge on any atom is -0.490 e. The Morgan fingerprint density at radius 2 is 2.02 bits per heavy atom. The molecule has 214 valence electrons. The fourth-order valence-corrected chi connectivity index (χ4v) is 5.40. The van der Waals surface area contributed by atoms with Gasteiger partial charge in [-0.2, -0.15) is 0 Å². The highest BCUT2D eigenvalue weighted by molar-refractivity contribution is 6.00. The zero-order valence-electron chi connectivity index (χ0n) is 24.1. The van der Waals surface area contributed by atoms with Crippen LogP contribution < -0.4 is 15.8 Å². The predicted molar refractivity (Wildman–Crippen MR) is 150 cm³/mol. The van der Waals surface area contributed by atoms with E-state index < -0.39 is 40.8 Å². The second-order valence-corrected chi connectivity index (χ2v) is 11.6. The largest absolute Gasteiger partial charge is 0.490 e. The number of nitrogens with zero attached hydrogens (tertiary/aromatic N) is 2. The predicted octanol–water partition coefficient (Wildman–Crippen LogP) is 2.58. The number of terminal acetylenes is 1. The monoisotopic (exact) mass is 550 g/mol. The van der Waals surface area contributed by atoms with Crippen molar-refractivity contribution in [1.82, 2.24) is 10.2 Å². The Bertz CT molecular complexity index is 1350. The van der Waals surface area contributed by atoms with Gasteiger partial charge in [0.2, 0.25) is 5.91 Å². The number of carbonyl (C=O) groups is 2. The van der Waals surface area contributed by atoms with Crippen molar-refractivity contribution in [2.24, 2.45) is 10.7 Å². The van der Waals surface area contributed by atoms with E-state index in [2.05, 4.69) is 16.2 Å². The Morgan fingerprint density at radius 1 is 1.32 bits per heavy atom. The number of nitrogens with one attached hydrogen (secondary N) is 1. The van der Waals surface area contributed by atoms with Crippen molar-refractivity contribution in [3.63, 3.8) is 0 Å². The van der Waals surface area contributed by atoms with Crippen LogP contribution in [0.2, 0.25) is 0 Å². The molecule has 3 aliphatic heterocycles. The van der Waals surface area contributed by atoms with Crippen molar-refractivity contribution in [3.8, 4) is 18.1 Å². The molecule has 3 heterocycles. The summed E-state index contributed by atoms with van der Waals surface area (Å²) in [6.07, 6.45) is 8.82. The van der Waals surface area contributed by atoms with Gasteiger partial charge >= 0.3 is 0 Å². The average molecular weight is 551 g/mol. The third-order valence-electron chi connectivity index (χ3n) is 7.91. The number of hydrogen-bond donors (Lipinski definition) is 3. The molecule has 4 atom stereocenters. The highest BCUT2D eigenvalue weighted by Crippen LogP contribution is 2.42. The number of allylic oxidation sites excluding steroid dienone is 2. The van der Waals surface area contributed by atoms with Crippen LogP contribution in [0, 0.1) is 12.3 Å². The molecule has 4 rings (SSSR count). The molecule has 0 spiro atoms. The summed E-state index contributed by atoms with van der Waals surface area (Å²) in [5.41, 5.74) is 4.39. The SMILES string of the molecule is C#CC1=C(/C=C\C)[C@@H](NC(=O)c2ccc3c(c2)C(N2C(=O)CC(C)(C)N=C2N)C(OC)CO3)[C@](C)(O)C(C)(C)O1. The van der Waals surface area contributed by atoms with Crippen LogP contribution in [0.3, 0.4) is 0 Å². The first-order valence-electron chi connectivity index (χ1n) is 13.2. The standard InChI is InChI=1S/C30H38N4O6/c1-9-11-18-20(10-2)40-29(5,6)30(7,37)25(18)32-26(36)17-12-13-21-19(14-17)24(22(38-8)16-39-21)34-23(35)15-28(3,4)33-27(34)31/h2,9,11-14,22,24-25,37H,15-16H2,1,3-8H3,(H2,31,33)(H,32,36)/b11-9-/t22?,24?,25-,30+/m1/s1. The summed E-state index contributed by atoms with van der Waals surface area (Å²) in [6, 6.07) is 3.41. The molecule has 0 saturated heterocycles. The molecule has 2 unspecified atom stereocenters. The van der Waals surface area contributed by atoms with E-state index >= 15 is 0 Å². The maximum absolute atomic E-state index is 13.7. The van der Waals surface area contributed by atoms with Gasteiger partial charge in [0.15, 0.2) is 11.7 Å². The van der Waals surface area contributed by atoms with E-state index in [4.69, 9.17) is 26.4 Å². The molecule has 40 heavy (non-hydrogen) atoms. The first kappa shape index (κ1) is 29.2. The lowest BCUT2D eigenvalue weighted by atomic mass is 9.75. The lowest BCUT2D eigenvalue weighted by molar-refractivity contribution is -0.153. The molecule has 2 amide bonds. The molecule has 10 nitrogen and oxygen atoms in total. The van der Waals surface area contributed by atoms with E-state index in [9.17, 15) is 14.7 Å². The maximum Gasteiger partial charge on any atom is 0.251 e. The fourth-order valence-electron chi connectivity index (χ4n) is 5.40. The maximum atomic E-state index is 13.7. The van der Waals surface area contributed by atoms with Gasteiger partial charge in [-0.1, -0.05) is 12.2 Å². The van der Waals surface area contributed by atoms with Crippen LogP contribution in [0.1, 0.15) is 69.9 Å². The van der Waals surface area contributed by atoms with Gasteiger partial charge in [-0.15, -0.1) is 6.42 Å². The molecule has 0 aromatic heterocycles. The number of aliphatic imine (C=N–C) groups is 1. The lowest BCUT2D eigenvalue weighted by Gasteiger charge is -2.49. The number of benzene rings is 1. The van der Waals surface area contributed by atoms with Crippen LogP contribution in [-0.4, -0.2) is 70.4 Å². The average Bonchev–Trinajstić information content (AvgIpc) is 2.87. The molecular weight excluding hydrogens is 512 g/mol. The second-order valence-electron chi connectivity index (χ2n) is 11.6. The van der Waals surface area contributed by atoms with E-state index in [1.165, 1.54) is 12.0 Å². The number of hydrogen-bond acceptors (Lipinski definition) is 8. The smallest absolute Gasteiger partial charge is 0.251 e. The van der Waals surface area contributed by atoms with E-state index in [0.717, 1.165) is 0 Å². The first-order valence-corrected chi connectivity index (χ1v) is 13.2. The number of methoxy groups -OCH3 is 1. The number of amides is 2. The molecule has 0 saturated carbocycles. The molecule has 0 aliphatic carbocycles. The van der Waals surface area contributed by atoms with Crippen LogP contribution in [0.15, 0.2) is 46.7 Å². The minimum absolute atomic E-state index is 0.0828. The molecule has 1 aromatic carbocycles. The summed E-state index contributed by atoms with van der Waals surface area (Å²) in [5.74, 6) is 2.70. The van der Waals surface area contributed by atoms with Gasteiger partial charge in [0, 0.05) is 23.8 Å². The molecule has 0 fully saturated rings. The molecule has 4 N–H and O–H groups in total. The van der Waals surface area contributed by atoms with Gasteiger partial charge in [0.05, 0.1) is 24.0 Å². The highest BCUT2D eigenvalue weighted by atomic mass is 16.5. The highest BCUT2D eigenvalue weighted by Gasteiger charge is 2.53. The van der Waals surface area contributed by atoms with E-state index in [1.807, 2.05) is 20.8 Å². The lowest BCUT2D eigenvalue weighted by Crippen LogP contribution is -2.65. The molecular formula is C30H38N4O6. The van der Waals surface area contributed by atoms with Gasteiger partial charge in [-0.25, -0.2) is 4.99 Å². The molecule has 1 aromatic rings. The van der Waals surface area contributed by atoms with Crippen LogP contribution in [0.4, 0.5) is 0 Å². The van der Waals surface area contributed by atoms with Crippen LogP contribution in [-0.2, 0) is 14.3 Å². The third-order valence-corrected chi connectivity index (χ3v) is 7.91. The zero-order valence-corrected chi connectivity index (χ0v) is 24.1. The number of nitrogens with two attached hydrogens (primary N) is 1. The van der Waals surface area contributed by atoms with Crippen LogP contribution in [0.25, 0.3) is 0 Å². The van der Waals surface area contributed by atoms with Gasteiger partial charge in [0.1, 0.15) is 29.7 Å². The van der Waals surface area contributed by atoms with E-state index in [1.54, 1.807) is 51.1 Å². The molecule has 10 heteroatoms. The summed E-state index contributed by atoms with van der Waals surface area (Å²) in [6.45, 7) is 10.7. The zero-order chi connectivity index (χ0) is 29.6. The summed E-state index contributed by atoms with van der Waals surface area (Å²) in [7, 11) is 1.53. The summed E-state index contributed by atoms with van der Waals surface area (Å²) in [5, 5.41) is 14.5. The Labute approximate surface area is 235 Å². The van der Waals surface area contributed by atoms with Gasteiger partial charge in [-0.3, -0.25) is 14.5 Å². The normalized spacial score (nSPS) is 29.2. The fraction of sp³-hybridized carbons (Fsp3) is 0.500. The summed E-state index contributed by atoms with van der Waals surface area (Å²) >= 11 is 0. The molecule has 0 bridgehead atoms. The van der Waals surface area contributed by atoms with Crippen molar-refractivity contribution in [2.75, 3.05) is 13.7 Å². The second kappa shape index (κ2) is 10.3. The Morgan fingerprint density at radius 3 is 2.62 bits per heavy atom. The van der Waals surface area contributed by atoms with Crippen LogP contribution in [0.5, 0.6) is 5.75 Å². The van der Waals surface area contributed by atoms with Gasteiger partial charge < -0.3 is 30.4 Å². The van der Waals surface area contributed by atoms with Crippen molar-refractivity contribution in [3.05, 3.63) is 52.8 Å². The third kappa shape index (κ3) is 4.95. The van der Waals surface area contributed by atoms with Crippen molar-refractivity contribution >= 4 is 17.8 Å². The van der Waals surface area contributed by atoms with Gasteiger partial charge in [0.25, 0.3) is 5.91 Å². The first-order chi connectivity index (χ1) is 18.7. The van der Waals surface area contributed by atoms with Crippen LogP contribution >= 0.6 is 0 Å². The topological polar surface area (TPSA) is 136 Å². The summed E-state index contributed by atoms with van der Waals surface area (Å²) < 4.78 is 17.5.